The monoisotopic (exact) mass is 673 g/mol. The van der Waals surface area contributed by atoms with Crippen LogP contribution in [0.4, 0.5) is 0 Å². The number of carboxylic acid groups (broad SMARTS) is 1. The fraction of sp³-hybridized carbons (Fsp3) is 0.818. The quantitative estimate of drug-likeness (QED) is 0.0403. The molecule has 1 N–H and O–H groups in total. The van der Waals surface area contributed by atoms with Crippen molar-refractivity contribution in [2.24, 2.45) is 0 Å². The Bertz CT molecular complexity index is 768. The minimum absolute atomic E-state index is 0.0333. The van der Waals surface area contributed by atoms with Crippen molar-refractivity contribution in [2.75, 3.05) is 0 Å². The molecule has 1 atom stereocenters. The number of unbranched alkanes of at least 4 members (excludes halogenated alkanes) is 23. The minimum atomic E-state index is -0.668. The summed E-state index contributed by atoms with van der Waals surface area (Å²) in [5.74, 6) is -0.635. The number of ether oxygens (including phenoxy) is 1. The lowest BCUT2D eigenvalue weighted by Crippen LogP contribution is -2.18. The second-order valence-electron chi connectivity index (χ2n) is 14.2. The molecule has 0 saturated carbocycles. The standard InChI is InChI=1S/C44H80O4/c1-3-5-7-8-9-10-11-12-13-14-15-16-17-21-24-27-30-33-37-41-44(47)48-42(38-34-6-4-2)39-35-31-28-25-22-19-18-20-23-26-29-32-36-40-43(45)46/h5,7,9-10,12-13,42H,3-4,6,8,11,14-41H2,1-2H3,(H,45,46)/b7-5-,10-9-,13-12-. The van der Waals surface area contributed by atoms with E-state index in [-0.39, 0.29) is 12.1 Å². The zero-order chi connectivity index (χ0) is 35.0. The highest BCUT2D eigenvalue weighted by Crippen LogP contribution is 2.19. The molecule has 0 aromatic rings. The van der Waals surface area contributed by atoms with Crippen LogP contribution in [0.15, 0.2) is 36.5 Å². The van der Waals surface area contributed by atoms with Gasteiger partial charge < -0.3 is 9.84 Å². The van der Waals surface area contributed by atoms with Gasteiger partial charge >= 0.3 is 11.9 Å². The molecule has 0 aromatic heterocycles. The normalized spacial score (nSPS) is 12.5. The predicted octanol–water partition coefficient (Wildman–Crippen LogP) is 14.6. The molecule has 0 aromatic carbocycles. The zero-order valence-corrected chi connectivity index (χ0v) is 32.0. The van der Waals surface area contributed by atoms with Gasteiger partial charge in [-0.05, 0) is 70.6 Å². The third-order valence-electron chi connectivity index (χ3n) is 9.38. The molecule has 0 aliphatic heterocycles. The minimum Gasteiger partial charge on any atom is -0.481 e. The van der Waals surface area contributed by atoms with Crippen molar-refractivity contribution in [2.45, 2.75) is 232 Å². The fourth-order valence-electron chi connectivity index (χ4n) is 6.32. The fourth-order valence-corrected chi connectivity index (χ4v) is 6.32. The Morgan fingerprint density at radius 3 is 1.35 bits per heavy atom. The molecular weight excluding hydrogens is 592 g/mol. The lowest BCUT2D eigenvalue weighted by Gasteiger charge is -2.18. The first-order chi connectivity index (χ1) is 23.6. The van der Waals surface area contributed by atoms with E-state index < -0.39 is 5.97 Å². The number of carbonyl (C=O) groups is 2. The molecule has 0 fully saturated rings. The smallest absolute Gasteiger partial charge is 0.306 e. The molecule has 280 valence electrons. The number of carboxylic acids is 1. The summed E-state index contributed by atoms with van der Waals surface area (Å²) in [6, 6.07) is 0. The van der Waals surface area contributed by atoms with Crippen molar-refractivity contribution in [3.05, 3.63) is 36.5 Å². The van der Waals surface area contributed by atoms with Gasteiger partial charge in [0, 0.05) is 12.8 Å². The van der Waals surface area contributed by atoms with Crippen LogP contribution in [-0.4, -0.2) is 23.1 Å². The van der Waals surface area contributed by atoms with Gasteiger partial charge in [0.15, 0.2) is 0 Å². The molecule has 0 saturated heterocycles. The zero-order valence-electron chi connectivity index (χ0n) is 32.0. The largest absolute Gasteiger partial charge is 0.481 e. The molecule has 0 radical (unpaired) electrons. The van der Waals surface area contributed by atoms with Crippen LogP contribution in [0.25, 0.3) is 0 Å². The van der Waals surface area contributed by atoms with Gasteiger partial charge in [0.25, 0.3) is 0 Å². The van der Waals surface area contributed by atoms with E-state index >= 15 is 0 Å². The maximum Gasteiger partial charge on any atom is 0.306 e. The second-order valence-corrected chi connectivity index (χ2v) is 14.2. The SMILES string of the molecule is CC/C=C\C/C=C\C/C=C\CCCCCCCCCCCC(=O)OC(CCCCC)CCCCCCCCCCCCCCCC(=O)O. The summed E-state index contributed by atoms with van der Waals surface area (Å²) in [4.78, 5) is 23.1. The Hall–Kier alpha value is -1.84. The van der Waals surface area contributed by atoms with E-state index in [9.17, 15) is 9.59 Å². The summed E-state index contributed by atoms with van der Waals surface area (Å²) in [5, 5.41) is 8.68. The van der Waals surface area contributed by atoms with Crippen LogP contribution < -0.4 is 0 Å². The molecule has 0 rings (SSSR count). The third kappa shape index (κ3) is 38.6. The van der Waals surface area contributed by atoms with E-state index in [1.54, 1.807) is 0 Å². The lowest BCUT2D eigenvalue weighted by molar-refractivity contribution is -0.150. The van der Waals surface area contributed by atoms with Crippen LogP contribution in [0.3, 0.4) is 0 Å². The Morgan fingerprint density at radius 1 is 0.479 bits per heavy atom. The number of rotatable bonds is 38. The molecule has 4 heteroatoms. The van der Waals surface area contributed by atoms with Crippen molar-refractivity contribution in [1.82, 2.24) is 0 Å². The summed E-state index contributed by atoms with van der Waals surface area (Å²) in [7, 11) is 0. The highest BCUT2D eigenvalue weighted by Gasteiger charge is 2.14. The van der Waals surface area contributed by atoms with Crippen LogP contribution >= 0.6 is 0 Å². The first kappa shape index (κ1) is 46.2. The average molecular weight is 673 g/mol. The van der Waals surface area contributed by atoms with E-state index in [1.807, 2.05) is 0 Å². The van der Waals surface area contributed by atoms with Gasteiger partial charge in [-0.25, -0.2) is 0 Å². The highest BCUT2D eigenvalue weighted by atomic mass is 16.5. The van der Waals surface area contributed by atoms with E-state index in [4.69, 9.17) is 9.84 Å². The number of aliphatic carboxylic acids is 1. The van der Waals surface area contributed by atoms with Crippen LogP contribution in [0, 0.1) is 0 Å². The van der Waals surface area contributed by atoms with E-state index in [2.05, 4.69) is 50.3 Å². The molecule has 0 spiro atoms. The molecule has 0 heterocycles. The van der Waals surface area contributed by atoms with Gasteiger partial charge in [-0.3, -0.25) is 9.59 Å². The Labute approximate surface area is 299 Å². The van der Waals surface area contributed by atoms with E-state index in [1.165, 1.54) is 141 Å². The van der Waals surface area contributed by atoms with Gasteiger partial charge in [0.05, 0.1) is 0 Å². The van der Waals surface area contributed by atoms with Gasteiger partial charge in [-0.15, -0.1) is 0 Å². The molecule has 0 bridgehead atoms. The lowest BCUT2D eigenvalue weighted by atomic mass is 10.0. The van der Waals surface area contributed by atoms with Crippen molar-refractivity contribution < 1.29 is 19.4 Å². The van der Waals surface area contributed by atoms with Crippen LogP contribution in [-0.2, 0) is 14.3 Å². The average Bonchev–Trinajstić information content (AvgIpc) is 3.07. The number of carbonyl (C=O) groups excluding carboxylic acids is 1. The first-order valence-corrected chi connectivity index (χ1v) is 21.0. The van der Waals surface area contributed by atoms with Crippen LogP contribution in [0.2, 0.25) is 0 Å². The third-order valence-corrected chi connectivity index (χ3v) is 9.38. The summed E-state index contributed by atoms with van der Waals surface area (Å²) in [5.41, 5.74) is 0. The van der Waals surface area contributed by atoms with Crippen molar-refractivity contribution in [1.29, 1.82) is 0 Å². The van der Waals surface area contributed by atoms with Gasteiger partial charge in [-0.2, -0.15) is 0 Å². The topological polar surface area (TPSA) is 63.6 Å². The van der Waals surface area contributed by atoms with Gasteiger partial charge in [0.2, 0.25) is 0 Å². The molecule has 0 amide bonds. The number of hydrogen-bond acceptors (Lipinski definition) is 3. The molecule has 48 heavy (non-hydrogen) atoms. The maximum atomic E-state index is 12.6. The molecule has 0 aliphatic carbocycles. The van der Waals surface area contributed by atoms with Gasteiger partial charge in [0.1, 0.15) is 6.10 Å². The Morgan fingerprint density at radius 2 is 0.875 bits per heavy atom. The molecule has 0 aliphatic rings. The molecule has 1 unspecified atom stereocenters. The first-order valence-electron chi connectivity index (χ1n) is 21.0. The van der Waals surface area contributed by atoms with Gasteiger partial charge in [-0.1, -0.05) is 179 Å². The van der Waals surface area contributed by atoms with E-state index in [0.29, 0.717) is 12.8 Å². The van der Waals surface area contributed by atoms with Crippen molar-refractivity contribution in [3.8, 4) is 0 Å². The highest BCUT2D eigenvalue weighted by molar-refractivity contribution is 5.69. The summed E-state index contributed by atoms with van der Waals surface area (Å²) >= 11 is 0. The van der Waals surface area contributed by atoms with Crippen molar-refractivity contribution in [3.63, 3.8) is 0 Å². The van der Waals surface area contributed by atoms with Crippen LogP contribution in [0.1, 0.15) is 226 Å². The number of hydrogen-bond donors (Lipinski definition) is 1. The summed E-state index contributed by atoms with van der Waals surface area (Å²) < 4.78 is 5.98. The number of allylic oxidation sites excluding steroid dienone is 6. The summed E-state index contributed by atoms with van der Waals surface area (Å²) in [6.45, 7) is 4.41. The Kier molecular flexibility index (Phi) is 38.1. The maximum absolute atomic E-state index is 12.6. The molecular formula is C44H80O4. The van der Waals surface area contributed by atoms with Crippen molar-refractivity contribution >= 4 is 11.9 Å². The Balaban J connectivity index is 3.70. The summed E-state index contributed by atoms with van der Waals surface area (Å²) in [6.07, 6.45) is 52.1. The second kappa shape index (κ2) is 39.6. The van der Waals surface area contributed by atoms with E-state index in [0.717, 1.165) is 57.8 Å². The predicted molar refractivity (Wildman–Crippen MR) is 209 cm³/mol. The molecule has 4 nitrogen and oxygen atoms in total. The number of esters is 1. The van der Waals surface area contributed by atoms with Crippen LogP contribution in [0.5, 0.6) is 0 Å².